The number of carbonyl (C=O) groups excluding carboxylic acids is 1. The molecule has 160 valence electrons. The predicted octanol–water partition coefficient (Wildman–Crippen LogP) is 0.906. The molecule has 4 fully saturated rings. The van der Waals surface area contributed by atoms with Crippen LogP contribution in [0.5, 0.6) is 0 Å². The molecular formula is C13H8F10O5. The second kappa shape index (κ2) is 4.59. The van der Waals surface area contributed by atoms with Crippen molar-refractivity contribution in [3.63, 3.8) is 0 Å². The Hall–Kier alpha value is -1.61. The molecule has 3 N–H and O–H groups in total. The number of alkyl halides is 10. The lowest BCUT2D eigenvalue weighted by Crippen LogP contribution is -3.08. The Morgan fingerprint density at radius 1 is 0.750 bits per heavy atom. The third-order valence-corrected chi connectivity index (χ3v) is 5.69. The summed E-state index contributed by atoms with van der Waals surface area (Å²) in [4.78, 5) is 11.2. The van der Waals surface area contributed by atoms with E-state index in [4.69, 9.17) is 0 Å². The molecule has 0 aromatic heterocycles. The van der Waals surface area contributed by atoms with Gasteiger partial charge in [0.25, 0.3) is 5.60 Å². The van der Waals surface area contributed by atoms with E-state index in [0.717, 1.165) is 0 Å². The molecule has 15 heteroatoms. The number of esters is 1. The van der Waals surface area contributed by atoms with Gasteiger partial charge in [-0.15, -0.1) is 0 Å². The predicted molar refractivity (Wildman–Crippen MR) is 63.4 cm³/mol. The Bertz CT molecular complexity index is 730. The number of hydrogen-bond donors (Lipinski definition) is 3. The number of halogens is 10. The molecule has 0 aromatic carbocycles. The van der Waals surface area contributed by atoms with E-state index in [1.54, 1.807) is 0 Å². The highest BCUT2D eigenvalue weighted by Crippen LogP contribution is 2.80. The van der Waals surface area contributed by atoms with Crippen LogP contribution in [0.4, 0.5) is 43.9 Å². The van der Waals surface area contributed by atoms with Gasteiger partial charge in [-0.05, 0) is 0 Å². The molecule has 4 aliphatic rings. The van der Waals surface area contributed by atoms with Gasteiger partial charge in [-0.3, -0.25) is 0 Å². The van der Waals surface area contributed by atoms with Gasteiger partial charge in [0.15, 0.2) is 12.3 Å². The molecule has 0 aliphatic heterocycles. The molecule has 5 nitrogen and oxygen atoms in total. The summed E-state index contributed by atoms with van der Waals surface area (Å²) < 4.78 is 148. The Morgan fingerprint density at radius 2 is 1.07 bits per heavy atom. The van der Waals surface area contributed by atoms with Gasteiger partial charge in [0, 0.05) is 6.08 Å². The van der Waals surface area contributed by atoms with Gasteiger partial charge in [-0.1, -0.05) is 6.58 Å². The van der Waals surface area contributed by atoms with Crippen LogP contribution in [0.1, 0.15) is 0 Å². The summed E-state index contributed by atoms with van der Waals surface area (Å²) in [6, 6.07) is 0. The van der Waals surface area contributed by atoms with Gasteiger partial charge in [-0.2, -0.15) is 35.1 Å². The number of ether oxygens (including phenoxy) is 1. The first-order valence-electron chi connectivity index (χ1n) is 7.08. The Labute approximate surface area is 147 Å². The van der Waals surface area contributed by atoms with E-state index in [9.17, 15) is 64.0 Å². The van der Waals surface area contributed by atoms with Crippen LogP contribution >= 0.6 is 0 Å². The van der Waals surface area contributed by atoms with Crippen molar-refractivity contribution in [3.8, 4) is 0 Å². The zero-order valence-corrected chi connectivity index (χ0v) is 12.9. The third-order valence-electron chi connectivity index (χ3n) is 5.69. The Balaban J connectivity index is 2.58. The molecule has 0 saturated heterocycles. The zero-order valence-electron chi connectivity index (χ0n) is 12.9. The molecule has 0 aromatic rings. The largest absolute Gasteiger partial charge is 0.439 e. The maximum atomic E-state index is 14.7. The maximum absolute atomic E-state index is 14.7. The van der Waals surface area contributed by atoms with E-state index >= 15 is 0 Å². The van der Waals surface area contributed by atoms with Gasteiger partial charge >= 0.3 is 29.7 Å². The second-order valence-electron chi connectivity index (χ2n) is 6.68. The lowest BCUT2D eigenvalue weighted by Gasteiger charge is -2.74. The van der Waals surface area contributed by atoms with Gasteiger partial charge < -0.3 is 20.1 Å². The molecular weight excluding hydrogens is 426 g/mol. The SMILES string of the molecule is C=CC(=O)OC12C(F)C3(O)C(F)(F)C(O)(C(F)C(O)(C3(F)F)C1(F)F)C2(F)F. The average molecular weight is 434 g/mol. The number of rotatable bonds is 2. The van der Waals surface area contributed by atoms with Crippen molar-refractivity contribution >= 4 is 5.97 Å². The topological polar surface area (TPSA) is 87.0 Å². The molecule has 4 bridgehead atoms. The summed E-state index contributed by atoms with van der Waals surface area (Å²) in [5, 5.41) is 28.9. The van der Waals surface area contributed by atoms with Crippen molar-refractivity contribution in [2.75, 3.05) is 0 Å². The van der Waals surface area contributed by atoms with Crippen LogP contribution < -0.4 is 0 Å². The van der Waals surface area contributed by atoms with Crippen molar-refractivity contribution in [2.45, 2.75) is 58.4 Å². The monoisotopic (exact) mass is 434 g/mol. The summed E-state index contributed by atoms with van der Waals surface area (Å²) >= 11 is 0. The molecule has 4 aliphatic carbocycles. The standard InChI is InChI=1S/C13H8F10O5/c1-2-3(24)28-9-5(15)8(27)10(16,17)6(25,12(9,20)21)4(14)7(26,11(8,18)19)13(9,22)23/h2,4-5,25-27H,1H2. The van der Waals surface area contributed by atoms with E-state index in [-0.39, 0.29) is 6.08 Å². The second-order valence-corrected chi connectivity index (χ2v) is 6.68. The molecule has 4 rings (SSSR count). The molecule has 3 unspecified atom stereocenters. The molecule has 0 heterocycles. The van der Waals surface area contributed by atoms with Gasteiger partial charge in [0.2, 0.25) is 16.8 Å². The number of hydrogen-bond acceptors (Lipinski definition) is 5. The van der Waals surface area contributed by atoms with Gasteiger partial charge in [0.05, 0.1) is 0 Å². The molecule has 0 radical (unpaired) electrons. The van der Waals surface area contributed by atoms with E-state index < -0.39 is 64.4 Å². The van der Waals surface area contributed by atoms with Crippen LogP contribution in [0.3, 0.4) is 0 Å². The quantitative estimate of drug-likeness (QED) is 0.342. The minimum Gasteiger partial charge on any atom is -0.439 e. The van der Waals surface area contributed by atoms with Crippen LogP contribution in [0.2, 0.25) is 0 Å². The van der Waals surface area contributed by atoms with E-state index in [0.29, 0.717) is 0 Å². The van der Waals surface area contributed by atoms with Crippen LogP contribution in [0, 0.1) is 0 Å². The highest BCUT2D eigenvalue weighted by Gasteiger charge is 3.14. The van der Waals surface area contributed by atoms with Crippen LogP contribution in [0.15, 0.2) is 12.7 Å². The third kappa shape index (κ3) is 1.30. The normalized spacial score (nSPS) is 51.6. The highest BCUT2D eigenvalue weighted by atomic mass is 19.3. The highest BCUT2D eigenvalue weighted by molar-refractivity contribution is 5.82. The number of carbonyl (C=O) groups is 1. The first kappa shape index (κ1) is 21.1. The first-order valence-corrected chi connectivity index (χ1v) is 7.08. The fourth-order valence-corrected chi connectivity index (χ4v) is 4.19. The minimum absolute atomic E-state index is 0.196. The Kier molecular flexibility index (Phi) is 3.46. The Morgan fingerprint density at radius 3 is 1.39 bits per heavy atom. The zero-order chi connectivity index (χ0) is 22.1. The van der Waals surface area contributed by atoms with Crippen LogP contribution in [-0.4, -0.2) is 79.7 Å². The molecule has 0 amide bonds. The minimum atomic E-state index is -6.56. The first-order chi connectivity index (χ1) is 12.3. The van der Waals surface area contributed by atoms with Gasteiger partial charge in [0.1, 0.15) is 0 Å². The van der Waals surface area contributed by atoms with Gasteiger partial charge in [-0.25, -0.2) is 13.6 Å². The van der Waals surface area contributed by atoms with Crippen molar-refractivity contribution in [2.24, 2.45) is 0 Å². The summed E-state index contributed by atoms with van der Waals surface area (Å²) in [6.45, 7) is 2.56. The number of aliphatic hydroxyl groups is 3. The van der Waals surface area contributed by atoms with E-state index in [1.165, 1.54) is 0 Å². The molecule has 28 heavy (non-hydrogen) atoms. The summed E-state index contributed by atoms with van der Waals surface area (Å²) in [5.74, 6) is -28.6. The molecule has 0 spiro atoms. The molecule has 4 saturated carbocycles. The van der Waals surface area contributed by atoms with E-state index in [2.05, 4.69) is 11.3 Å². The fraction of sp³-hybridized carbons (Fsp3) is 0.769. The lowest BCUT2D eigenvalue weighted by molar-refractivity contribution is -0.582. The van der Waals surface area contributed by atoms with Crippen molar-refractivity contribution in [1.29, 1.82) is 0 Å². The van der Waals surface area contributed by atoms with Crippen LogP contribution in [-0.2, 0) is 9.53 Å². The maximum Gasteiger partial charge on any atom is 0.333 e. The van der Waals surface area contributed by atoms with Crippen molar-refractivity contribution < 1.29 is 68.8 Å². The van der Waals surface area contributed by atoms with Crippen molar-refractivity contribution in [3.05, 3.63) is 12.7 Å². The summed E-state index contributed by atoms with van der Waals surface area (Å²) in [6.07, 6.45) is -10.6. The summed E-state index contributed by atoms with van der Waals surface area (Å²) in [5.41, 5.74) is -23.9. The fourth-order valence-electron chi connectivity index (χ4n) is 4.19. The smallest absolute Gasteiger partial charge is 0.333 e. The van der Waals surface area contributed by atoms with Crippen LogP contribution in [0.25, 0.3) is 0 Å². The summed E-state index contributed by atoms with van der Waals surface area (Å²) in [7, 11) is 0. The lowest BCUT2D eigenvalue weighted by atomic mass is 9.40. The molecule has 3 atom stereocenters. The van der Waals surface area contributed by atoms with E-state index in [1.807, 2.05) is 0 Å². The average Bonchev–Trinajstić information content (AvgIpc) is 2.58. The van der Waals surface area contributed by atoms with Crippen molar-refractivity contribution in [1.82, 2.24) is 0 Å².